The monoisotopic (exact) mass is 740 g/mol. The van der Waals surface area contributed by atoms with Crippen LogP contribution in [-0.4, -0.2) is 15.0 Å². The highest BCUT2D eigenvalue weighted by Gasteiger charge is 2.51. The van der Waals surface area contributed by atoms with E-state index in [2.05, 4.69) is 115 Å². The summed E-state index contributed by atoms with van der Waals surface area (Å²) in [5.41, 5.74) is 13.6. The standard InChI is InChI=1S/C53H32N4O/c54-33-34-25-27-44-42(29-34)43-32-39(26-28-45(43)53(44)46-21-7-9-23-48(46)58-49-24-10-8-22-47(49)53)38-18-12-20-41(31-38)52-56-50(36-15-5-2-6-16-36)55-51(57-52)40-19-11-17-37(30-40)35-13-3-1-4-14-35/h1-32H. The molecule has 0 atom stereocenters. The predicted octanol–water partition coefficient (Wildman–Crippen LogP) is 12.5. The topological polar surface area (TPSA) is 71.7 Å². The van der Waals surface area contributed by atoms with Crippen LogP contribution in [-0.2, 0) is 5.41 Å². The van der Waals surface area contributed by atoms with Gasteiger partial charge < -0.3 is 4.74 Å². The summed E-state index contributed by atoms with van der Waals surface area (Å²) in [6.45, 7) is 0. The molecule has 1 spiro atoms. The van der Waals surface area contributed by atoms with E-state index in [9.17, 15) is 5.26 Å². The van der Waals surface area contributed by atoms with Gasteiger partial charge in [-0.15, -0.1) is 0 Å². The van der Waals surface area contributed by atoms with Gasteiger partial charge in [0.05, 0.1) is 17.0 Å². The summed E-state index contributed by atoms with van der Waals surface area (Å²) in [6, 6.07) is 69.0. The Morgan fingerprint density at radius 1 is 0.362 bits per heavy atom. The highest BCUT2D eigenvalue weighted by atomic mass is 16.5. The van der Waals surface area contributed by atoms with E-state index in [0.717, 1.165) is 83.8 Å². The van der Waals surface area contributed by atoms with Crippen molar-refractivity contribution < 1.29 is 4.74 Å². The lowest BCUT2D eigenvalue weighted by molar-refractivity contribution is 0.436. The van der Waals surface area contributed by atoms with Crippen molar-refractivity contribution in [3.05, 3.63) is 222 Å². The van der Waals surface area contributed by atoms with Gasteiger partial charge in [-0.25, -0.2) is 15.0 Å². The Balaban J connectivity index is 1.06. The van der Waals surface area contributed by atoms with Gasteiger partial charge in [-0.1, -0.05) is 152 Å². The van der Waals surface area contributed by atoms with Crippen molar-refractivity contribution in [3.8, 4) is 85.1 Å². The summed E-state index contributed by atoms with van der Waals surface area (Å²) in [5, 5.41) is 10.1. The summed E-state index contributed by atoms with van der Waals surface area (Å²) < 4.78 is 6.52. The van der Waals surface area contributed by atoms with Gasteiger partial charge in [-0.05, 0) is 87.0 Å². The van der Waals surface area contributed by atoms with Crippen molar-refractivity contribution in [2.75, 3.05) is 0 Å². The number of aromatic nitrogens is 3. The Kier molecular flexibility index (Phi) is 7.70. The van der Waals surface area contributed by atoms with E-state index in [1.165, 1.54) is 0 Å². The molecule has 0 amide bonds. The molecule has 5 nitrogen and oxygen atoms in total. The highest BCUT2D eigenvalue weighted by Crippen LogP contribution is 2.62. The number of ether oxygens (including phenoxy) is 1. The molecule has 0 saturated carbocycles. The molecule has 0 fully saturated rings. The predicted molar refractivity (Wildman–Crippen MR) is 229 cm³/mol. The van der Waals surface area contributed by atoms with Crippen LogP contribution in [0.25, 0.3) is 67.5 Å². The van der Waals surface area contributed by atoms with Crippen molar-refractivity contribution in [1.82, 2.24) is 15.0 Å². The molecule has 58 heavy (non-hydrogen) atoms. The number of para-hydroxylation sites is 2. The van der Waals surface area contributed by atoms with E-state index in [1.54, 1.807) is 0 Å². The highest BCUT2D eigenvalue weighted by molar-refractivity contribution is 5.91. The third-order valence-electron chi connectivity index (χ3n) is 11.4. The lowest BCUT2D eigenvalue weighted by atomic mass is 9.66. The maximum absolute atomic E-state index is 10.1. The number of hydrogen-bond acceptors (Lipinski definition) is 5. The normalized spacial score (nSPS) is 12.7. The maximum Gasteiger partial charge on any atom is 0.164 e. The van der Waals surface area contributed by atoms with Gasteiger partial charge >= 0.3 is 0 Å². The van der Waals surface area contributed by atoms with Gasteiger partial charge in [-0.3, -0.25) is 0 Å². The SMILES string of the molecule is N#Cc1ccc2c(c1)-c1cc(-c3cccc(-c4nc(-c5ccccc5)nc(-c5cccc(-c6ccccc6)c5)n4)c3)ccc1C21c2ccccc2Oc2ccccc21. The molecule has 5 heteroatoms. The van der Waals surface area contributed by atoms with Crippen molar-refractivity contribution in [2.24, 2.45) is 0 Å². The summed E-state index contributed by atoms with van der Waals surface area (Å²) in [7, 11) is 0. The summed E-state index contributed by atoms with van der Waals surface area (Å²) in [6.07, 6.45) is 0. The summed E-state index contributed by atoms with van der Waals surface area (Å²) in [4.78, 5) is 15.2. The van der Waals surface area contributed by atoms with E-state index >= 15 is 0 Å². The van der Waals surface area contributed by atoms with Gasteiger partial charge in [0.2, 0.25) is 0 Å². The fourth-order valence-corrected chi connectivity index (χ4v) is 8.81. The molecular weight excluding hydrogens is 709 g/mol. The zero-order valence-electron chi connectivity index (χ0n) is 31.2. The van der Waals surface area contributed by atoms with Crippen LogP contribution in [0.15, 0.2) is 194 Å². The van der Waals surface area contributed by atoms with Gasteiger partial charge in [0.25, 0.3) is 0 Å². The van der Waals surface area contributed by atoms with Crippen molar-refractivity contribution >= 4 is 0 Å². The second kappa shape index (κ2) is 13.4. The molecule has 1 aliphatic carbocycles. The molecule has 2 aliphatic rings. The minimum absolute atomic E-state index is 0.593. The van der Waals surface area contributed by atoms with Crippen LogP contribution >= 0.6 is 0 Å². The lowest BCUT2D eigenvalue weighted by Crippen LogP contribution is -2.32. The van der Waals surface area contributed by atoms with Crippen molar-refractivity contribution in [2.45, 2.75) is 5.41 Å². The third-order valence-corrected chi connectivity index (χ3v) is 11.4. The molecule has 270 valence electrons. The third kappa shape index (κ3) is 5.27. The maximum atomic E-state index is 10.1. The first-order chi connectivity index (χ1) is 28.7. The zero-order chi connectivity index (χ0) is 38.6. The van der Waals surface area contributed by atoms with E-state index in [-0.39, 0.29) is 0 Å². The van der Waals surface area contributed by atoms with Crippen LogP contribution in [0, 0.1) is 11.3 Å². The number of hydrogen-bond donors (Lipinski definition) is 0. The van der Waals surface area contributed by atoms with Gasteiger partial charge in [0, 0.05) is 27.8 Å². The molecule has 0 bridgehead atoms. The molecule has 9 aromatic rings. The zero-order valence-corrected chi connectivity index (χ0v) is 31.2. The Bertz CT molecular complexity index is 3070. The molecule has 8 aromatic carbocycles. The molecule has 0 unspecified atom stereocenters. The number of fused-ring (bicyclic) bond motifs is 9. The first-order valence-electron chi connectivity index (χ1n) is 19.3. The minimum Gasteiger partial charge on any atom is -0.457 e. The number of nitriles is 1. The average Bonchev–Trinajstić information content (AvgIpc) is 3.58. The second-order valence-electron chi connectivity index (χ2n) is 14.7. The quantitative estimate of drug-likeness (QED) is 0.176. The Morgan fingerprint density at radius 3 is 1.41 bits per heavy atom. The first-order valence-corrected chi connectivity index (χ1v) is 19.3. The molecule has 2 heterocycles. The largest absolute Gasteiger partial charge is 0.457 e. The molecule has 1 aliphatic heterocycles. The molecular formula is C53H32N4O. The number of benzene rings is 8. The van der Waals surface area contributed by atoms with Crippen molar-refractivity contribution in [3.63, 3.8) is 0 Å². The van der Waals surface area contributed by atoms with E-state index in [4.69, 9.17) is 19.7 Å². The van der Waals surface area contributed by atoms with Crippen LogP contribution in [0.5, 0.6) is 11.5 Å². The Labute approximate surface area is 336 Å². The lowest BCUT2D eigenvalue weighted by Gasteiger charge is -2.39. The summed E-state index contributed by atoms with van der Waals surface area (Å²) in [5.74, 6) is 3.48. The Morgan fingerprint density at radius 2 is 0.810 bits per heavy atom. The second-order valence-corrected chi connectivity index (χ2v) is 14.7. The van der Waals surface area contributed by atoms with Gasteiger partial charge in [0.1, 0.15) is 11.5 Å². The van der Waals surface area contributed by atoms with Crippen LogP contribution < -0.4 is 4.74 Å². The van der Waals surface area contributed by atoms with Gasteiger partial charge in [0.15, 0.2) is 17.5 Å². The number of nitrogens with zero attached hydrogens (tertiary/aromatic N) is 4. The number of rotatable bonds is 5. The van der Waals surface area contributed by atoms with E-state index in [1.807, 2.05) is 84.9 Å². The Hall–Kier alpha value is -7.94. The van der Waals surface area contributed by atoms with Crippen LogP contribution in [0.1, 0.15) is 27.8 Å². The fraction of sp³-hybridized carbons (Fsp3) is 0.0189. The minimum atomic E-state index is -0.614. The van der Waals surface area contributed by atoms with Gasteiger partial charge in [-0.2, -0.15) is 5.26 Å². The van der Waals surface area contributed by atoms with Crippen molar-refractivity contribution in [1.29, 1.82) is 5.26 Å². The molecule has 0 radical (unpaired) electrons. The molecule has 1 aromatic heterocycles. The van der Waals surface area contributed by atoms with Crippen LogP contribution in [0.4, 0.5) is 0 Å². The summed E-state index contributed by atoms with van der Waals surface area (Å²) >= 11 is 0. The fourth-order valence-electron chi connectivity index (χ4n) is 8.81. The smallest absolute Gasteiger partial charge is 0.164 e. The average molecular weight is 741 g/mol. The van der Waals surface area contributed by atoms with E-state index in [0.29, 0.717) is 23.0 Å². The first kappa shape index (κ1) is 33.4. The van der Waals surface area contributed by atoms with Crippen LogP contribution in [0.3, 0.4) is 0 Å². The molecule has 0 saturated heterocycles. The van der Waals surface area contributed by atoms with E-state index < -0.39 is 5.41 Å². The molecule has 11 rings (SSSR count). The van der Waals surface area contributed by atoms with Crippen LogP contribution in [0.2, 0.25) is 0 Å². The molecule has 0 N–H and O–H groups in total.